The molecule has 0 saturated heterocycles. The average molecular weight is 260 g/mol. The number of benzene rings is 1. The van der Waals surface area contributed by atoms with Crippen LogP contribution in [0, 0.1) is 0 Å². The van der Waals surface area contributed by atoms with Gasteiger partial charge < -0.3 is 0 Å². The Morgan fingerprint density at radius 1 is 1.22 bits per heavy atom. The van der Waals surface area contributed by atoms with Gasteiger partial charge in [0.2, 0.25) is 0 Å². The molecule has 0 fully saturated rings. The Morgan fingerprint density at radius 2 is 1.89 bits per heavy atom. The fourth-order valence-electron chi connectivity index (χ4n) is 1.43. The molecule has 1 nitrogen and oxygen atoms in total. The normalized spacial score (nSPS) is 11.3. The Kier molecular flexibility index (Phi) is 6.42. The Hall–Kier alpha value is -1.37. The lowest BCUT2D eigenvalue weighted by atomic mass is 10.1. The van der Waals surface area contributed by atoms with E-state index in [2.05, 4.69) is 25.7 Å². The summed E-state index contributed by atoms with van der Waals surface area (Å²) < 4.78 is 11.9. The number of allylic oxidation sites excluding steroid dienone is 3. The lowest BCUT2D eigenvalue weighted by Gasteiger charge is -1.95. The Labute approximate surface area is 112 Å². The fourth-order valence-corrected chi connectivity index (χ4v) is 2.30. The molecule has 1 aromatic rings. The molecular weight excluding hydrogens is 240 g/mol. The van der Waals surface area contributed by atoms with Crippen molar-refractivity contribution in [1.29, 1.82) is 0 Å². The third kappa shape index (κ3) is 5.81. The molecule has 0 aliphatic rings. The van der Waals surface area contributed by atoms with E-state index in [-0.39, 0.29) is 0 Å². The van der Waals surface area contributed by atoms with Crippen molar-refractivity contribution in [2.45, 2.75) is 38.5 Å². The average Bonchev–Trinajstić information content (AvgIpc) is 2.36. The van der Waals surface area contributed by atoms with Crippen LogP contribution in [0.4, 0.5) is 0 Å². The minimum Gasteiger partial charge on any atom is -0.249 e. The van der Waals surface area contributed by atoms with Gasteiger partial charge in [-0.2, -0.15) is 0 Å². The van der Waals surface area contributed by atoms with Gasteiger partial charge in [0.1, 0.15) is 0 Å². The maximum Gasteiger partial charge on any atom is 0.0854 e. The lowest BCUT2D eigenvalue weighted by Crippen LogP contribution is -1.84. The molecule has 1 aromatic carbocycles. The predicted molar refractivity (Wildman–Crippen MR) is 78.8 cm³/mol. The van der Waals surface area contributed by atoms with E-state index in [0.717, 1.165) is 23.3 Å². The third-order valence-corrected chi connectivity index (χ3v) is 3.53. The standard InChI is InChI=1S/C16H20OS/c1-14(2)8-7-9-15(3)12-13-18(17)16-10-5-4-6-11-16/h4-6,8,10-11,13H,7,9H2,1-3H3. The zero-order valence-corrected chi connectivity index (χ0v) is 12.1. The number of rotatable bonds is 5. The van der Waals surface area contributed by atoms with E-state index in [1.807, 2.05) is 37.3 Å². The van der Waals surface area contributed by atoms with E-state index < -0.39 is 10.8 Å². The van der Waals surface area contributed by atoms with Crippen LogP contribution in [0.15, 0.2) is 63.6 Å². The molecule has 0 spiro atoms. The highest BCUT2D eigenvalue weighted by molar-refractivity contribution is 7.88. The summed E-state index contributed by atoms with van der Waals surface area (Å²) in [6.45, 7) is 6.22. The highest BCUT2D eigenvalue weighted by Crippen LogP contribution is 2.08. The van der Waals surface area contributed by atoms with E-state index in [1.165, 1.54) is 5.57 Å². The summed E-state index contributed by atoms with van der Waals surface area (Å²) >= 11 is 0. The van der Waals surface area contributed by atoms with Gasteiger partial charge in [-0.15, -0.1) is 5.73 Å². The second kappa shape index (κ2) is 7.86. The maximum absolute atomic E-state index is 11.9. The Bertz CT molecular complexity index is 487. The molecule has 0 radical (unpaired) electrons. The first kappa shape index (κ1) is 14.7. The van der Waals surface area contributed by atoms with Crippen molar-refractivity contribution in [3.05, 3.63) is 58.7 Å². The van der Waals surface area contributed by atoms with E-state index in [0.29, 0.717) is 0 Å². The summed E-state index contributed by atoms with van der Waals surface area (Å²) in [6, 6.07) is 9.45. The molecule has 0 N–H and O–H groups in total. The van der Waals surface area contributed by atoms with Gasteiger partial charge in [-0.05, 0) is 51.3 Å². The predicted octanol–water partition coefficient (Wildman–Crippen LogP) is 4.60. The molecule has 0 heterocycles. The van der Waals surface area contributed by atoms with Gasteiger partial charge >= 0.3 is 0 Å². The molecule has 1 unspecified atom stereocenters. The topological polar surface area (TPSA) is 17.1 Å². The van der Waals surface area contributed by atoms with Crippen molar-refractivity contribution >= 4 is 10.8 Å². The van der Waals surface area contributed by atoms with Crippen molar-refractivity contribution in [2.75, 3.05) is 0 Å². The molecule has 2 heteroatoms. The van der Waals surface area contributed by atoms with E-state index in [9.17, 15) is 4.21 Å². The number of hydrogen-bond acceptors (Lipinski definition) is 1. The monoisotopic (exact) mass is 260 g/mol. The van der Waals surface area contributed by atoms with Crippen LogP contribution in [-0.2, 0) is 10.8 Å². The second-order valence-electron chi connectivity index (χ2n) is 4.47. The molecule has 18 heavy (non-hydrogen) atoms. The van der Waals surface area contributed by atoms with Crippen LogP contribution in [0.2, 0.25) is 0 Å². The highest BCUT2D eigenvalue weighted by atomic mass is 32.2. The van der Waals surface area contributed by atoms with Crippen LogP contribution in [0.25, 0.3) is 0 Å². The largest absolute Gasteiger partial charge is 0.249 e. The Morgan fingerprint density at radius 3 is 2.50 bits per heavy atom. The summed E-state index contributed by atoms with van der Waals surface area (Å²) in [6.07, 6.45) is 4.19. The lowest BCUT2D eigenvalue weighted by molar-refractivity contribution is 0.688. The molecule has 0 aliphatic carbocycles. The first-order valence-electron chi connectivity index (χ1n) is 6.11. The second-order valence-corrected chi connectivity index (χ2v) is 5.78. The number of hydrogen-bond donors (Lipinski definition) is 0. The molecule has 0 aromatic heterocycles. The summed E-state index contributed by atoms with van der Waals surface area (Å²) in [4.78, 5) is 0.821. The van der Waals surface area contributed by atoms with Gasteiger partial charge in [0.25, 0.3) is 0 Å². The molecular formula is C16H20OS. The molecule has 1 rings (SSSR count). The molecule has 0 saturated carbocycles. The van der Waals surface area contributed by atoms with Crippen LogP contribution >= 0.6 is 0 Å². The maximum atomic E-state index is 11.9. The minimum absolute atomic E-state index is 0.821. The van der Waals surface area contributed by atoms with E-state index >= 15 is 0 Å². The molecule has 96 valence electrons. The van der Waals surface area contributed by atoms with Crippen molar-refractivity contribution < 1.29 is 4.21 Å². The van der Waals surface area contributed by atoms with Crippen LogP contribution in [0.1, 0.15) is 33.6 Å². The molecule has 1 atom stereocenters. The summed E-state index contributed by atoms with van der Waals surface area (Å²) in [5, 5.41) is 1.65. The molecule has 0 aliphatic heterocycles. The van der Waals surface area contributed by atoms with Crippen molar-refractivity contribution in [1.82, 2.24) is 0 Å². The van der Waals surface area contributed by atoms with E-state index in [4.69, 9.17) is 0 Å². The quantitative estimate of drug-likeness (QED) is 0.558. The minimum atomic E-state index is -1.09. The fraction of sp³-hybridized carbons (Fsp3) is 0.312. The van der Waals surface area contributed by atoms with Crippen molar-refractivity contribution in [3.63, 3.8) is 0 Å². The van der Waals surface area contributed by atoms with Gasteiger partial charge in [-0.25, -0.2) is 4.21 Å². The van der Waals surface area contributed by atoms with Crippen LogP contribution in [-0.4, -0.2) is 4.21 Å². The van der Waals surface area contributed by atoms with Gasteiger partial charge in [-0.3, -0.25) is 0 Å². The zero-order valence-electron chi connectivity index (χ0n) is 11.3. The first-order valence-corrected chi connectivity index (χ1v) is 7.32. The highest BCUT2D eigenvalue weighted by Gasteiger charge is 1.96. The third-order valence-electron chi connectivity index (χ3n) is 2.46. The SMILES string of the molecule is CC(=C=CS(=O)c1ccccc1)CCC=C(C)C. The van der Waals surface area contributed by atoms with Crippen molar-refractivity contribution in [3.8, 4) is 0 Å². The Balaban J connectivity index is 2.62. The molecule has 0 bridgehead atoms. The van der Waals surface area contributed by atoms with Gasteiger partial charge in [0, 0.05) is 10.3 Å². The first-order chi connectivity index (χ1) is 8.59. The van der Waals surface area contributed by atoms with Crippen LogP contribution < -0.4 is 0 Å². The van der Waals surface area contributed by atoms with E-state index in [1.54, 1.807) is 5.41 Å². The summed E-state index contributed by atoms with van der Waals surface area (Å²) in [5.41, 5.74) is 5.59. The summed E-state index contributed by atoms with van der Waals surface area (Å²) in [7, 11) is -1.09. The zero-order chi connectivity index (χ0) is 13.4. The smallest absolute Gasteiger partial charge is 0.0854 e. The van der Waals surface area contributed by atoms with Crippen LogP contribution in [0.5, 0.6) is 0 Å². The van der Waals surface area contributed by atoms with Crippen molar-refractivity contribution in [2.24, 2.45) is 0 Å². The van der Waals surface area contributed by atoms with Gasteiger partial charge in [-0.1, -0.05) is 29.8 Å². The molecule has 0 amide bonds. The van der Waals surface area contributed by atoms with Gasteiger partial charge in [0.15, 0.2) is 0 Å². The van der Waals surface area contributed by atoms with Crippen LogP contribution in [0.3, 0.4) is 0 Å². The van der Waals surface area contributed by atoms with Gasteiger partial charge in [0.05, 0.1) is 10.8 Å². The summed E-state index contributed by atoms with van der Waals surface area (Å²) in [5.74, 6) is 0.